The molecule has 1 aromatic heterocycles. The van der Waals surface area contributed by atoms with Gasteiger partial charge in [0.25, 0.3) is 0 Å². The van der Waals surface area contributed by atoms with Crippen molar-refractivity contribution in [3.8, 4) is 0 Å². The highest BCUT2D eigenvalue weighted by Gasteiger charge is 2.18. The maximum absolute atomic E-state index is 12.1. The molecule has 1 aromatic rings. The number of carbonyl (C=O) groups excluding carboxylic acids is 1. The number of aromatic nitrogens is 1. The van der Waals surface area contributed by atoms with Crippen LogP contribution in [0.3, 0.4) is 0 Å². The third-order valence-corrected chi connectivity index (χ3v) is 2.75. The molecule has 0 aliphatic heterocycles. The first-order valence-corrected chi connectivity index (χ1v) is 6.37. The highest BCUT2D eigenvalue weighted by Crippen LogP contribution is 2.07. The van der Waals surface area contributed by atoms with Gasteiger partial charge in [0.15, 0.2) is 0 Å². The molecule has 1 heterocycles. The first kappa shape index (κ1) is 14.6. The fourth-order valence-electron chi connectivity index (χ4n) is 1.83. The lowest BCUT2D eigenvalue weighted by atomic mass is 10.1. The fraction of sp³-hybridized carbons (Fsp3) is 0.571. The Kier molecular flexibility index (Phi) is 5.78. The molecule has 0 aliphatic rings. The van der Waals surface area contributed by atoms with Crippen LogP contribution in [0.2, 0.25) is 0 Å². The molecule has 1 amide bonds. The van der Waals surface area contributed by atoms with Crippen LogP contribution >= 0.6 is 0 Å². The molecule has 1 rings (SSSR count). The molecule has 0 spiro atoms. The number of pyridine rings is 1. The van der Waals surface area contributed by atoms with Crippen molar-refractivity contribution < 1.29 is 9.90 Å². The molecule has 0 aliphatic carbocycles. The minimum atomic E-state index is -0.491. The van der Waals surface area contributed by atoms with Crippen LogP contribution in [0.25, 0.3) is 0 Å². The average molecular weight is 250 g/mol. The van der Waals surface area contributed by atoms with Crippen LogP contribution in [-0.4, -0.2) is 39.6 Å². The predicted molar refractivity (Wildman–Crippen MR) is 71.1 cm³/mol. The van der Waals surface area contributed by atoms with Gasteiger partial charge in [-0.3, -0.25) is 9.78 Å². The molecule has 0 fully saturated rings. The van der Waals surface area contributed by atoms with E-state index in [0.717, 1.165) is 5.56 Å². The Bertz CT molecular complexity index is 363. The normalized spacial score (nSPS) is 12.5. The summed E-state index contributed by atoms with van der Waals surface area (Å²) in [7, 11) is 0. The van der Waals surface area contributed by atoms with E-state index in [1.165, 1.54) is 0 Å². The minimum Gasteiger partial charge on any atom is -0.392 e. The molecule has 0 saturated carbocycles. The molecule has 4 nitrogen and oxygen atoms in total. The first-order valence-electron chi connectivity index (χ1n) is 6.37. The lowest BCUT2D eigenvalue weighted by molar-refractivity contribution is -0.134. The summed E-state index contributed by atoms with van der Waals surface area (Å²) in [5.41, 5.74) is 1.06. The Morgan fingerprint density at radius 3 is 2.67 bits per heavy atom. The Balaban J connectivity index is 2.52. The van der Waals surface area contributed by atoms with Gasteiger partial charge in [-0.1, -0.05) is 6.07 Å². The van der Waals surface area contributed by atoms with Gasteiger partial charge in [0.05, 0.1) is 6.10 Å². The Morgan fingerprint density at radius 2 is 2.17 bits per heavy atom. The summed E-state index contributed by atoms with van der Waals surface area (Å²) >= 11 is 0. The zero-order valence-corrected chi connectivity index (χ0v) is 11.3. The predicted octanol–water partition coefficient (Wildman–Crippen LogP) is 1.63. The van der Waals surface area contributed by atoms with Crippen molar-refractivity contribution in [2.24, 2.45) is 0 Å². The molecular formula is C14H22N2O2. The lowest BCUT2D eigenvalue weighted by Crippen LogP contribution is -2.41. The van der Waals surface area contributed by atoms with E-state index in [1.807, 2.05) is 26.0 Å². The highest BCUT2D eigenvalue weighted by atomic mass is 16.3. The van der Waals surface area contributed by atoms with E-state index in [2.05, 4.69) is 4.98 Å². The summed E-state index contributed by atoms with van der Waals surface area (Å²) in [4.78, 5) is 17.8. The second kappa shape index (κ2) is 7.11. The minimum absolute atomic E-state index is 0.0785. The van der Waals surface area contributed by atoms with E-state index in [-0.39, 0.29) is 11.9 Å². The topological polar surface area (TPSA) is 53.4 Å². The van der Waals surface area contributed by atoms with Gasteiger partial charge in [-0.2, -0.15) is 0 Å². The number of amides is 1. The van der Waals surface area contributed by atoms with Gasteiger partial charge in [0, 0.05) is 31.4 Å². The van der Waals surface area contributed by atoms with Crippen LogP contribution in [0, 0.1) is 0 Å². The van der Waals surface area contributed by atoms with Crippen molar-refractivity contribution in [1.82, 2.24) is 9.88 Å². The van der Waals surface area contributed by atoms with Gasteiger partial charge in [-0.05, 0) is 38.8 Å². The molecule has 100 valence electrons. The largest absolute Gasteiger partial charge is 0.392 e. The zero-order chi connectivity index (χ0) is 13.5. The van der Waals surface area contributed by atoms with Gasteiger partial charge in [0.2, 0.25) is 5.91 Å². The second-order valence-corrected chi connectivity index (χ2v) is 4.85. The van der Waals surface area contributed by atoms with E-state index in [4.69, 9.17) is 0 Å². The third-order valence-electron chi connectivity index (χ3n) is 2.75. The van der Waals surface area contributed by atoms with Crippen molar-refractivity contribution >= 4 is 5.91 Å². The van der Waals surface area contributed by atoms with Crippen molar-refractivity contribution in [2.75, 3.05) is 6.54 Å². The van der Waals surface area contributed by atoms with E-state index in [0.29, 0.717) is 19.4 Å². The number of hydrogen-bond acceptors (Lipinski definition) is 3. The molecule has 1 unspecified atom stereocenters. The monoisotopic (exact) mass is 250 g/mol. The van der Waals surface area contributed by atoms with Gasteiger partial charge < -0.3 is 10.0 Å². The van der Waals surface area contributed by atoms with E-state index >= 15 is 0 Å². The zero-order valence-electron chi connectivity index (χ0n) is 11.3. The molecule has 0 bridgehead atoms. The molecule has 1 N–H and O–H groups in total. The van der Waals surface area contributed by atoms with Crippen molar-refractivity contribution in [1.29, 1.82) is 0 Å². The third kappa shape index (κ3) is 4.84. The van der Waals surface area contributed by atoms with E-state index in [1.54, 1.807) is 24.2 Å². The Labute approximate surface area is 109 Å². The molecule has 1 atom stereocenters. The number of aryl methyl sites for hydroxylation is 1. The summed E-state index contributed by atoms with van der Waals surface area (Å²) in [6, 6.07) is 3.95. The SMILES string of the molecule is CC(O)CN(C(=O)CCc1cccnc1)C(C)C. The maximum Gasteiger partial charge on any atom is 0.223 e. The summed E-state index contributed by atoms with van der Waals surface area (Å²) in [6.07, 6.45) is 4.15. The smallest absolute Gasteiger partial charge is 0.223 e. The first-order chi connectivity index (χ1) is 8.50. The second-order valence-electron chi connectivity index (χ2n) is 4.85. The number of carbonyl (C=O) groups is 1. The van der Waals surface area contributed by atoms with Gasteiger partial charge >= 0.3 is 0 Å². The maximum atomic E-state index is 12.1. The number of hydrogen-bond donors (Lipinski definition) is 1. The Hall–Kier alpha value is -1.42. The van der Waals surface area contributed by atoms with Crippen LogP contribution in [0.15, 0.2) is 24.5 Å². The van der Waals surface area contributed by atoms with Crippen LogP contribution in [-0.2, 0) is 11.2 Å². The fourth-order valence-corrected chi connectivity index (χ4v) is 1.83. The Morgan fingerprint density at radius 1 is 1.44 bits per heavy atom. The molecular weight excluding hydrogens is 228 g/mol. The molecule has 0 aromatic carbocycles. The van der Waals surface area contributed by atoms with Gasteiger partial charge in [-0.15, -0.1) is 0 Å². The van der Waals surface area contributed by atoms with Crippen molar-refractivity contribution in [3.63, 3.8) is 0 Å². The van der Waals surface area contributed by atoms with E-state index in [9.17, 15) is 9.90 Å². The number of aliphatic hydroxyl groups is 1. The number of nitrogens with zero attached hydrogens (tertiary/aromatic N) is 2. The molecule has 0 saturated heterocycles. The van der Waals surface area contributed by atoms with Gasteiger partial charge in [0.1, 0.15) is 0 Å². The quantitative estimate of drug-likeness (QED) is 0.835. The van der Waals surface area contributed by atoms with Crippen LogP contribution in [0.5, 0.6) is 0 Å². The van der Waals surface area contributed by atoms with E-state index < -0.39 is 6.10 Å². The molecule has 4 heteroatoms. The highest BCUT2D eigenvalue weighted by molar-refractivity contribution is 5.76. The van der Waals surface area contributed by atoms with Crippen LogP contribution in [0.4, 0.5) is 0 Å². The van der Waals surface area contributed by atoms with Crippen LogP contribution in [0.1, 0.15) is 32.8 Å². The average Bonchev–Trinajstić information content (AvgIpc) is 2.34. The van der Waals surface area contributed by atoms with Crippen molar-refractivity contribution in [2.45, 2.75) is 45.8 Å². The standard InChI is InChI=1S/C14H22N2O2/c1-11(2)16(10-12(3)17)14(18)7-6-13-5-4-8-15-9-13/h4-5,8-9,11-12,17H,6-7,10H2,1-3H3. The van der Waals surface area contributed by atoms with Crippen LogP contribution < -0.4 is 0 Å². The number of rotatable bonds is 6. The molecule has 18 heavy (non-hydrogen) atoms. The number of aliphatic hydroxyl groups excluding tert-OH is 1. The summed E-state index contributed by atoms with van der Waals surface area (Å²) in [6.45, 7) is 6.02. The van der Waals surface area contributed by atoms with Crippen molar-refractivity contribution in [3.05, 3.63) is 30.1 Å². The molecule has 0 radical (unpaired) electrons. The summed E-state index contributed by atoms with van der Waals surface area (Å²) in [5, 5.41) is 9.40. The van der Waals surface area contributed by atoms with Gasteiger partial charge in [-0.25, -0.2) is 0 Å². The summed E-state index contributed by atoms with van der Waals surface area (Å²) < 4.78 is 0. The lowest BCUT2D eigenvalue weighted by Gasteiger charge is -2.28. The summed E-state index contributed by atoms with van der Waals surface area (Å²) in [5.74, 6) is 0.0785.